The number of aromatic nitrogens is 1. The third-order valence-corrected chi connectivity index (χ3v) is 3.42. The zero-order valence-corrected chi connectivity index (χ0v) is 12.9. The van der Waals surface area contributed by atoms with Crippen LogP contribution in [0.5, 0.6) is 11.6 Å². The summed E-state index contributed by atoms with van der Waals surface area (Å²) in [6.45, 7) is 0. The molecule has 0 saturated carbocycles. The van der Waals surface area contributed by atoms with Crippen LogP contribution in [0.25, 0.3) is 0 Å². The summed E-state index contributed by atoms with van der Waals surface area (Å²) in [6, 6.07) is 6.84. The highest BCUT2D eigenvalue weighted by Gasteiger charge is 2.08. The smallest absolute Gasteiger partial charge is 0.233 e. The van der Waals surface area contributed by atoms with Crippen molar-refractivity contribution in [2.75, 3.05) is 0 Å². The highest BCUT2D eigenvalue weighted by molar-refractivity contribution is 9.11. The van der Waals surface area contributed by atoms with Gasteiger partial charge in [-0.1, -0.05) is 23.2 Å². The minimum Gasteiger partial charge on any atom is -0.436 e. The highest BCUT2D eigenvalue weighted by atomic mass is 79.9. The number of ether oxygens (including phenoxy) is 1. The Morgan fingerprint density at radius 3 is 2.59 bits per heavy atom. The minimum absolute atomic E-state index is 0.428. The lowest BCUT2D eigenvalue weighted by Gasteiger charge is -2.08. The van der Waals surface area contributed by atoms with E-state index >= 15 is 0 Å². The van der Waals surface area contributed by atoms with Gasteiger partial charge in [0.15, 0.2) is 0 Å². The summed E-state index contributed by atoms with van der Waals surface area (Å²) in [5.41, 5.74) is 0. The van der Waals surface area contributed by atoms with Gasteiger partial charge in [-0.25, -0.2) is 4.98 Å². The first-order valence-corrected chi connectivity index (χ1v) is 6.84. The quantitative estimate of drug-likeness (QED) is 0.647. The van der Waals surface area contributed by atoms with Gasteiger partial charge in [0.25, 0.3) is 0 Å². The van der Waals surface area contributed by atoms with Crippen LogP contribution in [0.4, 0.5) is 0 Å². The van der Waals surface area contributed by atoms with Crippen LogP contribution in [0, 0.1) is 0 Å². The second kappa shape index (κ2) is 5.57. The first-order valence-electron chi connectivity index (χ1n) is 4.50. The van der Waals surface area contributed by atoms with Crippen molar-refractivity contribution in [3.05, 3.63) is 49.5 Å². The van der Waals surface area contributed by atoms with Gasteiger partial charge < -0.3 is 4.74 Å². The molecule has 0 aliphatic rings. The fourth-order valence-corrected chi connectivity index (χ4v) is 2.52. The van der Waals surface area contributed by atoms with Gasteiger partial charge in [0.1, 0.15) is 5.75 Å². The Kier molecular flexibility index (Phi) is 4.31. The van der Waals surface area contributed by atoms with Crippen LogP contribution in [0.2, 0.25) is 10.0 Å². The van der Waals surface area contributed by atoms with E-state index in [1.165, 1.54) is 0 Å². The largest absolute Gasteiger partial charge is 0.436 e. The number of benzene rings is 1. The molecule has 2 aromatic rings. The van der Waals surface area contributed by atoms with Gasteiger partial charge in [-0.05, 0) is 50.1 Å². The summed E-state index contributed by atoms with van der Waals surface area (Å²) in [6.07, 6.45) is 1.64. The lowest BCUT2D eigenvalue weighted by molar-refractivity contribution is 0.459. The molecule has 0 fully saturated rings. The van der Waals surface area contributed by atoms with Gasteiger partial charge in [0, 0.05) is 21.8 Å². The lowest BCUT2D eigenvalue weighted by atomic mass is 10.3. The molecule has 0 spiro atoms. The Balaban J connectivity index is 2.34. The Hall–Kier alpha value is -0.290. The molecule has 0 saturated heterocycles. The van der Waals surface area contributed by atoms with E-state index in [0.29, 0.717) is 21.7 Å². The van der Waals surface area contributed by atoms with Crippen molar-refractivity contribution in [2.24, 2.45) is 0 Å². The van der Waals surface area contributed by atoms with Crippen LogP contribution in [0.1, 0.15) is 0 Å². The van der Waals surface area contributed by atoms with Crippen LogP contribution in [0.3, 0.4) is 0 Å². The van der Waals surface area contributed by atoms with Crippen LogP contribution < -0.4 is 4.74 Å². The second-order valence-corrected chi connectivity index (χ2v) is 5.73. The minimum atomic E-state index is 0.428. The van der Waals surface area contributed by atoms with Crippen LogP contribution in [0.15, 0.2) is 39.4 Å². The maximum atomic E-state index is 5.99. The summed E-state index contributed by atoms with van der Waals surface area (Å²) in [5, 5.41) is 1.03. The number of rotatable bonds is 2. The molecule has 0 amide bonds. The van der Waals surface area contributed by atoms with Crippen molar-refractivity contribution >= 4 is 55.1 Å². The van der Waals surface area contributed by atoms with Crippen LogP contribution in [-0.4, -0.2) is 4.98 Å². The number of halogens is 4. The van der Waals surface area contributed by atoms with Gasteiger partial charge in [0.05, 0.1) is 9.50 Å². The Labute approximate surface area is 125 Å². The Morgan fingerprint density at radius 1 is 1.12 bits per heavy atom. The molecule has 0 unspecified atom stereocenters. The normalized spacial score (nSPS) is 10.4. The first kappa shape index (κ1) is 13.1. The number of pyridine rings is 1. The molecule has 6 heteroatoms. The summed E-state index contributed by atoms with van der Waals surface area (Å²) in [7, 11) is 0. The molecule has 1 aromatic carbocycles. The van der Waals surface area contributed by atoms with E-state index in [2.05, 4.69) is 36.8 Å². The summed E-state index contributed by atoms with van der Waals surface area (Å²) in [4.78, 5) is 4.13. The summed E-state index contributed by atoms with van der Waals surface area (Å²) >= 11 is 18.5. The van der Waals surface area contributed by atoms with Gasteiger partial charge in [-0.15, -0.1) is 0 Å². The zero-order chi connectivity index (χ0) is 12.4. The van der Waals surface area contributed by atoms with E-state index in [1.807, 2.05) is 6.07 Å². The van der Waals surface area contributed by atoms with E-state index in [-0.39, 0.29) is 0 Å². The Bertz CT molecular complexity index is 563. The van der Waals surface area contributed by atoms with Gasteiger partial charge in [-0.2, -0.15) is 0 Å². The Morgan fingerprint density at radius 2 is 1.88 bits per heavy atom. The molecule has 0 radical (unpaired) electrons. The molecule has 0 atom stereocenters. The van der Waals surface area contributed by atoms with Gasteiger partial charge >= 0.3 is 0 Å². The number of hydrogen-bond donors (Lipinski definition) is 0. The molecule has 1 aromatic heterocycles. The summed E-state index contributed by atoms with van der Waals surface area (Å²) < 4.78 is 7.16. The van der Waals surface area contributed by atoms with Crippen molar-refractivity contribution in [3.63, 3.8) is 0 Å². The molecular weight excluding hydrogens is 393 g/mol. The SMILES string of the molecule is Clc1ccc(Cl)c(Oc2ncc(Br)cc2Br)c1. The van der Waals surface area contributed by atoms with Crippen molar-refractivity contribution in [1.29, 1.82) is 0 Å². The van der Waals surface area contributed by atoms with E-state index in [4.69, 9.17) is 27.9 Å². The molecule has 0 aliphatic carbocycles. The van der Waals surface area contributed by atoms with E-state index < -0.39 is 0 Å². The average Bonchev–Trinajstić information content (AvgIpc) is 2.27. The maximum absolute atomic E-state index is 5.99. The van der Waals surface area contributed by atoms with Crippen LogP contribution in [-0.2, 0) is 0 Å². The standard InChI is InChI=1S/C11H5Br2Cl2NO/c12-6-3-8(13)11(16-5-6)17-10-4-7(14)1-2-9(10)15/h1-5H. The molecule has 88 valence electrons. The number of hydrogen-bond acceptors (Lipinski definition) is 2. The van der Waals surface area contributed by atoms with E-state index in [9.17, 15) is 0 Å². The highest BCUT2D eigenvalue weighted by Crippen LogP contribution is 2.34. The molecule has 1 heterocycles. The van der Waals surface area contributed by atoms with Crippen molar-refractivity contribution in [2.45, 2.75) is 0 Å². The molecule has 2 rings (SSSR count). The first-order chi connectivity index (χ1) is 8.06. The maximum Gasteiger partial charge on any atom is 0.233 e. The van der Waals surface area contributed by atoms with Gasteiger partial charge in [-0.3, -0.25) is 0 Å². The summed E-state index contributed by atoms with van der Waals surface area (Å²) in [5.74, 6) is 0.895. The monoisotopic (exact) mass is 395 g/mol. The fraction of sp³-hybridized carbons (Fsp3) is 0. The third kappa shape index (κ3) is 3.35. The lowest BCUT2D eigenvalue weighted by Crippen LogP contribution is -1.90. The van der Waals surface area contributed by atoms with Crippen molar-refractivity contribution < 1.29 is 4.74 Å². The molecule has 2 nitrogen and oxygen atoms in total. The topological polar surface area (TPSA) is 22.1 Å². The van der Waals surface area contributed by atoms with E-state index in [0.717, 1.165) is 8.95 Å². The zero-order valence-electron chi connectivity index (χ0n) is 8.25. The van der Waals surface area contributed by atoms with Crippen molar-refractivity contribution in [3.8, 4) is 11.6 Å². The molecule has 0 N–H and O–H groups in total. The van der Waals surface area contributed by atoms with Crippen LogP contribution >= 0.6 is 55.1 Å². The predicted octanol–water partition coefficient (Wildman–Crippen LogP) is 5.71. The van der Waals surface area contributed by atoms with Gasteiger partial charge in [0.2, 0.25) is 5.88 Å². The molecular formula is C11H5Br2Cl2NO. The molecule has 0 bridgehead atoms. The average molecular weight is 398 g/mol. The fourth-order valence-electron chi connectivity index (χ4n) is 1.14. The number of nitrogens with zero attached hydrogens (tertiary/aromatic N) is 1. The molecule has 0 aliphatic heterocycles. The second-order valence-electron chi connectivity index (χ2n) is 3.12. The third-order valence-electron chi connectivity index (χ3n) is 1.87. The predicted molar refractivity (Wildman–Crippen MR) is 76.2 cm³/mol. The molecule has 17 heavy (non-hydrogen) atoms. The van der Waals surface area contributed by atoms with Crippen molar-refractivity contribution in [1.82, 2.24) is 4.98 Å². The van der Waals surface area contributed by atoms with E-state index in [1.54, 1.807) is 24.4 Å².